The minimum Gasteiger partial charge on any atom is -0.496 e. The van der Waals surface area contributed by atoms with Crippen LogP contribution in [0.2, 0.25) is 0 Å². The average Bonchev–Trinajstić information content (AvgIpc) is 3.04. The molecule has 2 atom stereocenters. The molecule has 0 bridgehead atoms. The SMILES string of the molecule is COc1ccccc1C1CC1C(=O)NCc1noc(-c2ccco2)n1. The number of benzene rings is 1. The van der Waals surface area contributed by atoms with E-state index in [0.29, 0.717) is 17.5 Å². The first kappa shape index (κ1) is 15.4. The van der Waals surface area contributed by atoms with E-state index in [1.54, 1.807) is 19.2 Å². The number of aromatic nitrogens is 2. The maximum Gasteiger partial charge on any atom is 0.293 e. The first-order valence-corrected chi connectivity index (χ1v) is 8.03. The van der Waals surface area contributed by atoms with E-state index in [4.69, 9.17) is 13.7 Å². The first-order chi connectivity index (χ1) is 12.3. The zero-order valence-electron chi connectivity index (χ0n) is 13.6. The third kappa shape index (κ3) is 3.13. The topological polar surface area (TPSA) is 90.4 Å². The van der Waals surface area contributed by atoms with E-state index in [-0.39, 0.29) is 24.3 Å². The van der Waals surface area contributed by atoms with Crippen LogP contribution < -0.4 is 10.1 Å². The van der Waals surface area contributed by atoms with Gasteiger partial charge >= 0.3 is 0 Å². The molecule has 1 aromatic carbocycles. The summed E-state index contributed by atoms with van der Waals surface area (Å²) in [6.07, 6.45) is 2.35. The van der Waals surface area contributed by atoms with Gasteiger partial charge in [-0.1, -0.05) is 23.4 Å². The van der Waals surface area contributed by atoms with Crippen molar-refractivity contribution >= 4 is 5.91 Å². The van der Waals surface area contributed by atoms with Crippen molar-refractivity contribution in [1.82, 2.24) is 15.5 Å². The second-order valence-electron chi connectivity index (χ2n) is 5.90. The Labute approximate surface area is 144 Å². The van der Waals surface area contributed by atoms with Crippen molar-refractivity contribution in [3.05, 3.63) is 54.0 Å². The van der Waals surface area contributed by atoms with Crippen LogP contribution in [-0.4, -0.2) is 23.2 Å². The van der Waals surface area contributed by atoms with Gasteiger partial charge in [-0.2, -0.15) is 4.98 Å². The van der Waals surface area contributed by atoms with E-state index in [1.807, 2.05) is 24.3 Å². The molecule has 7 heteroatoms. The van der Waals surface area contributed by atoms with Crippen LogP contribution in [0.1, 0.15) is 23.7 Å². The molecule has 25 heavy (non-hydrogen) atoms. The van der Waals surface area contributed by atoms with Crippen LogP contribution in [0.3, 0.4) is 0 Å². The quantitative estimate of drug-likeness (QED) is 0.742. The number of para-hydroxylation sites is 1. The van der Waals surface area contributed by atoms with Gasteiger partial charge in [0.15, 0.2) is 11.6 Å². The van der Waals surface area contributed by atoms with Crippen LogP contribution in [0, 0.1) is 5.92 Å². The van der Waals surface area contributed by atoms with Crippen molar-refractivity contribution in [2.45, 2.75) is 18.9 Å². The summed E-state index contributed by atoms with van der Waals surface area (Å²) in [5.41, 5.74) is 1.07. The lowest BCUT2D eigenvalue weighted by Crippen LogP contribution is -2.25. The summed E-state index contributed by atoms with van der Waals surface area (Å²) in [5.74, 6) is 2.17. The Morgan fingerprint density at radius 3 is 3.00 bits per heavy atom. The molecule has 1 fully saturated rings. The third-order valence-electron chi connectivity index (χ3n) is 4.29. The smallest absolute Gasteiger partial charge is 0.293 e. The van der Waals surface area contributed by atoms with Gasteiger partial charge in [0.05, 0.1) is 19.9 Å². The lowest BCUT2D eigenvalue weighted by atomic mass is 10.1. The van der Waals surface area contributed by atoms with Crippen molar-refractivity contribution in [2.75, 3.05) is 7.11 Å². The summed E-state index contributed by atoms with van der Waals surface area (Å²) in [5, 5.41) is 6.71. The summed E-state index contributed by atoms with van der Waals surface area (Å²) in [7, 11) is 1.64. The zero-order chi connectivity index (χ0) is 17.2. The number of amides is 1. The fraction of sp³-hybridized carbons (Fsp3) is 0.278. The van der Waals surface area contributed by atoms with Crippen LogP contribution in [0.15, 0.2) is 51.6 Å². The van der Waals surface area contributed by atoms with Gasteiger partial charge in [-0.25, -0.2) is 0 Å². The number of methoxy groups -OCH3 is 1. The van der Waals surface area contributed by atoms with E-state index < -0.39 is 0 Å². The first-order valence-electron chi connectivity index (χ1n) is 8.03. The van der Waals surface area contributed by atoms with E-state index >= 15 is 0 Å². The van der Waals surface area contributed by atoms with Gasteiger partial charge in [-0.05, 0) is 36.1 Å². The van der Waals surface area contributed by atoms with Crippen LogP contribution in [0.4, 0.5) is 0 Å². The zero-order valence-corrected chi connectivity index (χ0v) is 13.6. The predicted octanol–water partition coefficient (Wildman–Crippen LogP) is 2.76. The molecule has 1 aliphatic carbocycles. The summed E-state index contributed by atoms with van der Waals surface area (Å²) < 4.78 is 15.7. The number of nitrogens with zero attached hydrogens (tertiary/aromatic N) is 2. The molecule has 1 aliphatic rings. The molecule has 0 saturated heterocycles. The minimum atomic E-state index is -0.0484. The van der Waals surface area contributed by atoms with Gasteiger partial charge in [-0.15, -0.1) is 0 Å². The van der Waals surface area contributed by atoms with E-state index in [0.717, 1.165) is 17.7 Å². The number of carbonyl (C=O) groups excluding carboxylic acids is 1. The second-order valence-corrected chi connectivity index (χ2v) is 5.90. The highest BCUT2D eigenvalue weighted by molar-refractivity contribution is 5.83. The Balaban J connectivity index is 1.35. The van der Waals surface area contributed by atoms with Gasteiger partial charge in [0.1, 0.15) is 5.75 Å². The Kier molecular flexibility index (Phi) is 3.97. The van der Waals surface area contributed by atoms with Crippen molar-refractivity contribution in [1.29, 1.82) is 0 Å². The highest BCUT2D eigenvalue weighted by Crippen LogP contribution is 2.50. The van der Waals surface area contributed by atoms with Crippen LogP contribution in [-0.2, 0) is 11.3 Å². The molecule has 2 aromatic heterocycles. The summed E-state index contributed by atoms with van der Waals surface area (Å²) in [4.78, 5) is 16.5. The highest BCUT2D eigenvalue weighted by atomic mass is 16.5. The molecule has 1 saturated carbocycles. The lowest BCUT2D eigenvalue weighted by molar-refractivity contribution is -0.122. The van der Waals surface area contributed by atoms with E-state index in [9.17, 15) is 4.79 Å². The van der Waals surface area contributed by atoms with Crippen molar-refractivity contribution < 1.29 is 18.5 Å². The fourth-order valence-electron chi connectivity index (χ4n) is 2.92. The van der Waals surface area contributed by atoms with Crippen LogP contribution >= 0.6 is 0 Å². The minimum absolute atomic E-state index is 0.0137. The molecule has 1 N–H and O–H groups in total. The summed E-state index contributed by atoms with van der Waals surface area (Å²) in [6, 6.07) is 11.3. The standard InChI is InChI=1S/C18H17N3O4/c1-23-14-6-3-2-5-11(14)12-9-13(12)17(22)19-10-16-20-18(25-21-16)15-7-4-8-24-15/h2-8,12-13H,9-10H2,1H3,(H,19,22). The molecule has 0 spiro atoms. The number of nitrogens with one attached hydrogen (secondary N) is 1. The maximum absolute atomic E-state index is 12.3. The number of ether oxygens (including phenoxy) is 1. The normalized spacial score (nSPS) is 18.8. The highest BCUT2D eigenvalue weighted by Gasteiger charge is 2.45. The molecule has 2 heterocycles. The molecule has 4 rings (SSSR count). The number of hydrogen-bond donors (Lipinski definition) is 1. The van der Waals surface area contributed by atoms with Gasteiger partial charge in [0.2, 0.25) is 5.91 Å². The number of rotatable bonds is 6. The van der Waals surface area contributed by atoms with Gasteiger partial charge < -0.3 is 19.0 Å². The molecule has 0 radical (unpaired) electrons. The van der Waals surface area contributed by atoms with Gasteiger partial charge in [-0.3, -0.25) is 4.79 Å². The number of furan rings is 1. The Morgan fingerprint density at radius 1 is 1.32 bits per heavy atom. The van der Waals surface area contributed by atoms with Crippen molar-refractivity contribution in [3.8, 4) is 17.4 Å². The summed E-state index contributed by atoms with van der Waals surface area (Å²) >= 11 is 0. The number of hydrogen-bond acceptors (Lipinski definition) is 6. The predicted molar refractivity (Wildman–Crippen MR) is 87.7 cm³/mol. The van der Waals surface area contributed by atoms with Gasteiger partial charge in [0, 0.05) is 5.92 Å². The average molecular weight is 339 g/mol. The Bertz CT molecular complexity index is 872. The van der Waals surface area contributed by atoms with E-state index in [2.05, 4.69) is 15.5 Å². The molecule has 128 valence electrons. The van der Waals surface area contributed by atoms with Gasteiger partial charge in [0.25, 0.3) is 5.89 Å². The Hall–Kier alpha value is -3.09. The molecule has 0 aliphatic heterocycles. The van der Waals surface area contributed by atoms with E-state index in [1.165, 1.54) is 6.26 Å². The van der Waals surface area contributed by atoms with Crippen LogP contribution in [0.25, 0.3) is 11.7 Å². The molecular formula is C18H17N3O4. The second kappa shape index (κ2) is 6.43. The lowest BCUT2D eigenvalue weighted by Gasteiger charge is -2.07. The molecule has 3 aromatic rings. The monoisotopic (exact) mass is 339 g/mol. The molecule has 7 nitrogen and oxygen atoms in total. The van der Waals surface area contributed by atoms with Crippen molar-refractivity contribution in [2.24, 2.45) is 5.92 Å². The molecule has 1 amide bonds. The number of carbonyl (C=O) groups is 1. The Morgan fingerprint density at radius 2 is 2.20 bits per heavy atom. The fourth-order valence-corrected chi connectivity index (χ4v) is 2.92. The molecule has 2 unspecified atom stereocenters. The van der Waals surface area contributed by atoms with Crippen molar-refractivity contribution in [3.63, 3.8) is 0 Å². The van der Waals surface area contributed by atoms with Crippen LogP contribution in [0.5, 0.6) is 5.75 Å². The molecular weight excluding hydrogens is 322 g/mol. The summed E-state index contributed by atoms with van der Waals surface area (Å²) in [6.45, 7) is 0.220. The largest absolute Gasteiger partial charge is 0.496 e. The maximum atomic E-state index is 12.3. The third-order valence-corrected chi connectivity index (χ3v) is 4.29.